The van der Waals surface area contributed by atoms with Crippen LogP contribution in [0.2, 0.25) is 0 Å². The van der Waals surface area contributed by atoms with Crippen LogP contribution in [0.25, 0.3) is 0 Å². The molecule has 0 spiro atoms. The van der Waals surface area contributed by atoms with E-state index in [1.165, 1.54) is 0 Å². The van der Waals surface area contributed by atoms with E-state index in [0.29, 0.717) is 32.1 Å². The van der Waals surface area contributed by atoms with Crippen LogP contribution in [-0.2, 0) is 4.79 Å². The Morgan fingerprint density at radius 1 is 0.512 bits per heavy atom. The van der Waals surface area contributed by atoms with Crippen molar-refractivity contribution in [2.75, 3.05) is 0 Å². The molecule has 21 heteroatoms. The van der Waals surface area contributed by atoms with Crippen LogP contribution in [-0.4, -0.2) is 64.6 Å². The summed E-state index contributed by atoms with van der Waals surface area (Å²) in [5.74, 6) is -70.7. The summed E-state index contributed by atoms with van der Waals surface area (Å²) in [5.41, 5.74) is 0. The van der Waals surface area contributed by atoms with E-state index in [4.69, 9.17) is 5.11 Å². The first-order chi connectivity index (χ1) is 18.8. The van der Waals surface area contributed by atoms with Crippen molar-refractivity contribution in [2.45, 2.75) is 118 Å². The molecule has 0 saturated carbocycles. The Hall–Kier alpha value is -1.86. The van der Waals surface area contributed by atoms with Crippen molar-refractivity contribution >= 4 is 5.97 Å². The number of unbranched alkanes of at least 4 members (excludes halogenated alkanes) is 7. The molecular formula is C22H24F19O2. The molecule has 257 valence electrons. The molecule has 43 heavy (non-hydrogen) atoms. The summed E-state index contributed by atoms with van der Waals surface area (Å²) in [4.78, 5) is 10.3. The molecule has 0 amide bonds. The molecule has 0 aromatic heterocycles. The van der Waals surface area contributed by atoms with E-state index >= 15 is 0 Å². The van der Waals surface area contributed by atoms with Crippen LogP contribution in [0.4, 0.5) is 83.4 Å². The predicted molar refractivity (Wildman–Crippen MR) is 108 cm³/mol. The maximum absolute atomic E-state index is 14.2. The molecule has 1 atom stereocenters. The number of carbonyl (C=O) groups is 1. The molecule has 0 rings (SSSR count). The number of halogens is 19. The fourth-order valence-electron chi connectivity index (χ4n) is 3.48. The summed E-state index contributed by atoms with van der Waals surface area (Å²) in [6.07, 6.45) is -6.22. The molecule has 1 N–H and O–H groups in total. The monoisotopic (exact) mass is 681 g/mol. The minimum Gasteiger partial charge on any atom is -0.481 e. The Bertz CT molecular complexity index is 911. The Balaban J connectivity index is 5.82. The van der Waals surface area contributed by atoms with Crippen LogP contribution < -0.4 is 0 Å². The number of carboxylic acid groups (broad SMARTS) is 1. The second kappa shape index (κ2) is 13.2. The van der Waals surface area contributed by atoms with Crippen molar-refractivity contribution < 1.29 is 93.3 Å². The summed E-state index contributed by atoms with van der Waals surface area (Å²) < 4.78 is 255. The van der Waals surface area contributed by atoms with Crippen LogP contribution >= 0.6 is 0 Å². The molecule has 2 nitrogen and oxygen atoms in total. The maximum atomic E-state index is 14.2. The van der Waals surface area contributed by atoms with E-state index in [0.717, 1.165) is 0 Å². The number of hydrogen-bond acceptors (Lipinski definition) is 1. The summed E-state index contributed by atoms with van der Waals surface area (Å²) in [5, 5.41) is 8.47. The molecular weight excluding hydrogens is 657 g/mol. The minimum absolute atomic E-state index is 0.0324. The van der Waals surface area contributed by atoms with Gasteiger partial charge in [0.15, 0.2) is 0 Å². The summed E-state index contributed by atoms with van der Waals surface area (Å²) in [7, 11) is 0. The quantitative estimate of drug-likeness (QED) is 0.109. The van der Waals surface area contributed by atoms with E-state index in [1.807, 2.05) is 0 Å². The van der Waals surface area contributed by atoms with Gasteiger partial charge in [0.05, 0.1) is 0 Å². The highest BCUT2D eigenvalue weighted by molar-refractivity contribution is 5.66. The lowest BCUT2D eigenvalue weighted by Crippen LogP contribution is -2.76. The number of carboxylic acids is 1. The van der Waals surface area contributed by atoms with Gasteiger partial charge in [0.1, 0.15) is 0 Å². The van der Waals surface area contributed by atoms with Crippen molar-refractivity contribution in [2.24, 2.45) is 5.92 Å². The van der Waals surface area contributed by atoms with Gasteiger partial charge in [0.2, 0.25) is 0 Å². The average Bonchev–Trinajstić information content (AvgIpc) is 2.83. The average molecular weight is 681 g/mol. The Labute approximate surface area is 231 Å². The van der Waals surface area contributed by atoms with Gasteiger partial charge in [-0.2, -0.15) is 83.4 Å². The summed E-state index contributed by atoms with van der Waals surface area (Å²) in [6.45, 7) is -0.0324. The smallest absolute Gasteiger partial charge is 0.460 e. The Kier molecular flexibility index (Phi) is 12.7. The second-order valence-electron chi connectivity index (χ2n) is 9.57. The topological polar surface area (TPSA) is 37.3 Å². The van der Waals surface area contributed by atoms with Gasteiger partial charge in [0, 0.05) is 12.3 Å². The van der Waals surface area contributed by atoms with Crippen molar-refractivity contribution in [3.63, 3.8) is 0 Å². The fourth-order valence-corrected chi connectivity index (χ4v) is 3.48. The van der Waals surface area contributed by atoms with Crippen LogP contribution in [0.5, 0.6) is 0 Å². The van der Waals surface area contributed by atoms with Crippen LogP contribution in [0.15, 0.2) is 0 Å². The normalized spacial score (nSPS) is 16.0. The third kappa shape index (κ3) is 7.35. The molecule has 0 aliphatic heterocycles. The third-order valence-corrected chi connectivity index (χ3v) is 6.33. The lowest BCUT2D eigenvalue weighted by molar-refractivity contribution is -0.469. The van der Waals surface area contributed by atoms with Crippen molar-refractivity contribution in [1.29, 1.82) is 0 Å². The minimum atomic E-state index is -8.91. The number of aliphatic carboxylic acids is 1. The van der Waals surface area contributed by atoms with E-state index < -0.39 is 71.9 Å². The molecule has 0 bridgehead atoms. The van der Waals surface area contributed by atoms with E-state index in [-0.39, 0.29) is 32.6 Å². The number of rotatable bonds is 19. The van der Waals surface area contributed by atoms with E-state index in [9.17, 15) is 88.2 Å². The zero-order chi connectivity index (χ0) is 34.7. The highest BCUT2D eigenvalue weighted by Crippen LogP contribution is 2.65. The van der Waals surface area contributed by atoms with Crippen molar-refractivity contribution in [1.82, 2.24) is 0 Å². The van der Waals surface area contributed by atoms with E-state index in [1.54, 1.807) is 0 Å². The van der Waals surface area contributed by atoms with Crippen LogP contribution in [0, 0.1) is 12.3 Å². The van der Waals surface area contributed by atoms with Gasteiger partial charge in [-0.3, -0.25) is 4.79 Å². The molecule has 0 aromatic rings. The molecule has 0 saturated heterocycles. The van der Waals surface area contributed by atoms with E-state index in [2.05, 4.69) is 0 Å². The molecule has 0 aromatic carbocycles. The molecule has 0 aliphatic rings. The lowest BCUT2D eigenvalue weighted by atomic mass is 9.83. The summed E-state index contributed by atoms with van der Waals surface area (Å²) >= 11 is 0. The summed E-state index contributed by atoms with van der Waals surface area (Å²) in [6, 6.07) is 0. The van der Waals surface area contributed by atoms with Crippen LogP contribution in [0.3, 0.4) is 0 Å². The van der Waals surface area contributed by atoms with Crippen molar-refractivity contribution in [3.8, 4) is 0 Å². The van der Waals surface area contributed by atoms with Gasteiger partial charge in [-0.1, -0.05) is 45.4 Å². The van der Waals surface area contributed by atoms with Gasteiger partial charge < -0.3 is 5.11 Å². The second-order valence-corrected chi connectivity index (χ2v) is 9.57. The van der Waals surface area contributed by atoms with Crippen molar-refractivity contribution in [3.05, 3.63) is 6.42 Å². The molecule has 0 fully saturated rings. The molecule has 1 unspecified atom stereocenters. The highest BCUT2D eigenvalue weighted by Gasteiger charge is 2.96. The molecule has 0 heterocycles. The zero-order valence-corrected chi connectivity index (χ0v) is 21.6. The Morgan fingerprint density at radius 3 is 1.16 bits per heavy atom. The lowest BCUT2D eigenvalue weighted by Gasteiger charge is -2.44. The molecule has 0 aliphatic carbocycles. The standard InChI is InChI=1S/C22H24F19O2/c1-12(10-8-6-4-2-3-5-7-9-11-13(42)43)14(23,24)15(25,26)16(27,28)17(29,30)18(31,32)19(33,34)20(35,36)21(37,38)22(39,40)41/h10,12H,2-9,11H2,1H3,(H,42,43). The first-order valence-electron chi connectivity index (χ1n) is 12.0. The largest absolute Gasteiger partial charge is 0.481 e. The van der Waals surface area contributed by atoms with Gasteiger partial charge in [-0.15, -0.1) is 0 Å². The third-order valence-electron chi connectivity index (χ3n) is 6.33. The van der Waals surface area contributed by atoms with Gasteiger partial charge in [-0.05, 0) is 19.3 Å². The van der Waals surface area contributed by atoms with Gasteiger partial charge >= 0.3 is 59.5 Å². The Morgan fingerprint density at radius 2 is 0.814 bits per heavy atom. The molecule has 1 radical (unpaired) electrons. The number of hydrogen-bond donors (Lipinski definition) is 1. The SMILES string of the molecule is CC([CH]CCCCCCCCCC(=O)O)C(F)(F)C(F)(F)C(F)(F)C(F)(F)C(F)(F)C(F)(F)C(F)(F)C(F)(F)C(F)(F)F. The maximum Gasteiger partial charge on any atom is 0.460 e. The zero-order valence-electron chi connectivity index (χ0n) is 21.6. The van der Waals surface area contributed by atoms with Gasteiger partial charge in [0.25, 0.3) is 0 Å². The highest BCUT2D eigenvalue weighted by atomic mass is 19.4. The van der Waals surface area contributed by atoms with Crippen LogP contribution in [0.1, 0.15) is 64.7 Å². The van der Waals surface area contributed by atoms with Gasteiger partial charge in [-0.25, -0.2) is 0 Å². The fraction of sp³-hybridized carbons (Fsp3) is 0.909. The first kappa shape index (κ1) is 41.1. The number of alkyl halides is 19. The predicted octanol–water partition coefficient (Wildman–Crippen LogP) is 10.1. The first-order valence-corrected chi connectivity index (χ1v) is 12.0.